The molecule has 0 aliphatic rings. The van der Waals surface area contributed by atoms with Gasteiger partial charge >= 0.3 is 0 Å². The van der Waals surface area contributed by atoms with Crippen LogP contribution in [-0.4, -0.2) is 20.6 Å². The number of nitrogens with one attached hydrogen (secondary N) is 1. The summed E-state index contributed by atoms with van der Waals surface area (Å²) >= 11 is 0. The van der Waals surface area contributed by atoms with Crippen molar-refractivity contribution >= 4 is 11.6 Å². The topological polar surface area (TPSA) is 73.0 Å². The van der Waals surface area contributed by atoms with Crippen LogP contribution in [0.15, 0.2) is 65.3 Å². The second-order valence-electron chi connectivity index (χ2n) is 6.10. The summed E-state index contributed by atoms with van der Waals surface area (Å²) in [4.78, 5) is 16.5. The fraction of sp³-hybridized carbons (Fsp3) is 0.0500. The summed E-state index contributed by atoms with van der Waals surface area (Å²) in [7, 11) is 0. The molecule has 0 fully saturated rings. The van der Waals surface area contributed by atoms with Crippen molar-refractivity contribution in [2.75, 3.05) is 5.32 Å². The Morgan fingerprint density at radius 1 is 1.00 bits per heavy atom. The fourth-order valence-corrected chi connectivity index (χ4v) is 2.74. The van der Waals surface area contributed by atoms with Crippen molar-refractivity contribution in [2.45, 2.75) is 6.54 Å². The predicted molar refractivity (Wildman–Crippen MR) is 98.1 cm³/mol. The maximum absolute atomic E-state index is 13.7. The molecule has 1 N–H and O–H groups in total. The molecule has 0 bridgehead atoms. The molecule has 4 rings (SSSR count). The first-order valence-electron chi connectivity index (χ1n) is 8.50. The number of halogens is 3. The van der Waals surface area contributed by atoms with Crippen LogP contribution in [0.25, 0.3) is 23.0 Å². The molecule has 0 unspecified atom stereocenters. The number of rotatable bonds is 5. The number of aromatic nitrogens is 3. The SMILES string of the molecule is O=C(Cn1cccc1-c1nc(-c2ccc(F)cc2)no1)Nc1c(F)cccc1F. The van der Waals surface area contributed by atoms with Crippen molar-refractivity contribution < 1.29 is 22.5 Å². The van der Waals surface area contributed by atoms with E-state index < -0.39 is 23.2 Å². The number of carbonyl (C=O) groups excluding carboxylic acids is 1. The summed E-state index contributed by atoms with van der Waals surface area (Å²) in [6, 6.07) is 12.2. The van der Waals surface area contributed by atoms with Gasteiger partial charge in [-0.25, -0.2) is 13.2 Å². The molecule has 2 aromatic carbocycles. The van der Waals surface area contributed by atoms with Crippen LogP contribution >= 0.6 is 0 Å². The van der Waals surface area contributed by atoms with Gasteiger partial charge in [-0.3, -0.25) is 4.79 Å². The van der Waals surface area contributed by atoms with Gasteiger partial charge in [0.15, 0.2) is 0 Å². The van der Waals surface area contributed by atoms with E-state index in [4.69, 9.17) is 4.52 Å². The summed E-state index contributed by atoms with van der Waals surface area (Å²) in [6.07, 6.45) is 1.59. The first-order valence-corrected chi connectivity index (χ1v) is 8.50. The molecule has 146 valence electrons. The molecule has 0 saturated heterocycles. The maximum atomic E-state index is 13.7. The highest BCUT2D eigenvalue weighted by Crippen LogP contribution is 2.23. The van der Waals surface area contributed by atoms with E-state index in [0.717, 1.165) is 12.1 Å². The minimum Gasteiger partial charge on any atom is -0.334 e. The van der Waals surface area contributed by atoms with Gasteiger partial charge in [-0.1, -0.05) is 11.2 Å². The highest BCUT2D eigenvalue weighted by Gasteiger charge is 2.17. The molecular weight excluding hydrogens is 385 g/mol. The van der Waals surface area contributed by atoms with Crippen LogP contribution in [0.5, 0.6) is 0 Å². The lowest BCUT2D eigenvalue weighted by Crippen LogP contribution is -2.20. The van der Waals surface area contributed by atoms with Crippen molar-refractivity contribution in [1.29, 1.82) is 0 Å². The molecule has 9 heteroatoms. The molecular formula is C20H13F3N4O2. The molecule has 0 saturated carbocycles. The highest BCUT2D eigenvalue weighted by molar-refractivity contribution is 5.91. The second kappa shape index (κ2) is 7.63. The summed E-state index contributed by atoms with van der Waals surface area (Å²) in [5, 5.41) is 6.08. The Labute approximate surface area is 162 Å². The number of anilines is 1. The molecule has 29 heavy (non-hydrogen) atoms. The standard InChI is InChI=1S/C20H13F3N4O2/c21-13-8-6-12(7-9-13)19-25-20(29-26-19)16-5-2-10-27(16)11-17(28)24-18-14(22)3-1-4-15(18)23/h1-10H,11H2,(H,24,28). The largest absolute Gasteiger partial charge is 0.334 e. The maximum Gasteiger partial charge on any atom is 0.274 e. The number of carbonyl (C=O) groups is 1. The Morgan fingerprint density at radius 3 is 2.45 bits per heavy atom. The minimum absolute atomic E-state index is 0.138. The molecule has 2 heterocycles. The van der Waals surface area contributed by atoms with Crippen molar-refractivity contribution in [3.05, 3.63) is 78.2 Å². The molecule has 0 radical (unpaired) electrons. The quantitative estimate of drug-likeness (QED) is 0.545. The van der Waals surface area contributed by atoms with Gasteiger partial charge in [0.1, 0.15) is 35.4 Å². The zero-order valence-electron chi connectivity index (χ0n) is 14.8. The number of para-hydroxylation sites is 1. The molecule has 0 aliphatic heterocycles. The average Bonchev–Trinajstić information content (AvgIpc) is 3.35. The van der Waals surface area contributed by atoms with Gasteiger partial charge in [0.25, 0.3) is 5.89 Å². The van der Waals surface area contributed by atoms with Gasteiger partial charge in [-0.15, -0.1) is 0 Å². The van der Waals surface area contributed by atoms with Crippen molar-refractivity contribution in [2.24, 2.45) is 0 Å². The zero-order valence-corrected chi connectivity index (χ0v) is 14.8. The van der Waals surface area contributed by atoms with Crippen molar-refractivity contribution in [1.82, 2.24) is 14.7 Å². The zero-order chi connectivity index (χ0) is 20.4. The van der Waals surface area contributed by atoms with Crippen LogP contribution in [0.2, 0.25) is 0 Å². The number of hydrogen-bond donors (Lipinski definition) is 1. The highest BCUT2D eigenvalue weighted by atomic mass is 19.1. The summed E-state index contributed by atoms with van der Waals surface area (Å²) < 4.78 is 47.2. The molecule has 1 amide bonds. The Balaban J connectivity index is 1.53. The van der Waals surface area contributed by atoms with E-state index in [2.05, 4.69) is 15.5 Å². The normalized spacial score (nSPS) is 10.9. The minimum atomic E-state index is -0.869. The lowest BCUT2D eigenvalue weighted by molar-refractivity contribution is -0.116. The van der Waals surface area contributed by atoms with Crippen LogP contribution < -0.4 is 5.32 Å². The van der Waals surface area contributed by atoms with Gasteiger partial charge < -0.3 is 14.4 Å². The fourth-order valence-electron chi connectivity index (χ4n) is 2.74. The van der Waals surface area contributed by atoms with Gasteiger partial charge in [0, 0.05) is 11.8 Å². The number of benzene rings is 2. The van der Waals surface area contributed by atoms with Crippen LogP contribution in [0.3, 0.4) is 0 Å². The lowest BCUT2D eigenvalue weighted by atomic mass is 10.2. The van der Waals surface area contributed by atoms with E-state index in [0.29, 0.717) is 11.3 Å². The Kier molecular flexibility index (Phi) is 4.86. The van der Waals surface area contributed by atoms with E-state index in [1.807, 2.05) is 0 Å². The van der Waals surface area contributed by atoms with Crippen LogP contribution in [-0.2, 0) is 11.3 Å². The third kappa shape index (κ3) is 3.88. The summed E-state index contributed by atoms with van der Waals surface area (Å²) in [5.74, 6) is -2.36. The van der Waals surface area contributed by atoms with Crippen molar-refractivity contribution in [3.8, 4) is 23.0 Å². The number of hydrogen-bond acceptors (Lipinski definition) is 4. The third-order valence-corrected chi connectivity index (χ3v) is 4.12. The van der Waals surface area contributed by atoms with Gasteiger partial charge in [0.2, 0.25) is 11.7 Å². The molecule has 4 aromatic rings. The van der Waals surface area contributed by atoms with E-state index in [9.17, 15) is 18.0 Å². The Hall–Kier alpha value is -3.88. The van der Waals surface area contributed by atoms with Crippen LogP contribution in [0, 0.1) is 17.5 Å². The molecule has 6 nitrogen and oxygen atoms in total. The van der Waals surface area contributed by atoms with Gasteiger partial charge in [0.05, 0.1) is 0 Å². The average molecular weight is 398 g/mol. The third-order valence-electron chi connectivity index (χ3n) is 4.12. The first kappa shape index (κ1) is 18.5. The Bertz CT molecular complexity index is 1150. The molecule has 0 atom stereocenters. The first-order chi connectivity index (χ1) is 14.0. The molecule has 2 aromatic heterocycles. The predicted octanol–water partition coefficient (Wildman–Crippen LogP) is 4.26. The second-order valence-corrected chi connectivity index (χ2v) is 6.10. The van der Waals surface area contributed by atoms with Gasteiger partial charge in [-0.2, -0.15) is 4.98 Å². The Morgan fingerprint density at radius 2 is 1.72 bits per heavy atom. The van der Waals surface area contributed by atoms with E-state index in [1.54, 1.807) is 18.3 Å². The van der Waals surface area contributed by atoms with Gasteiger partial charge in [-0.05, 0) is 48.5 Å². The van der Waals surface area contributed by atoms with E-state index in [-0.39, 0.29) is 24.1 Å². The molecule has 0 aliphatic carbocycles. The monoisotopic (exact) mass is 398 g/mol. The summed E-state index contributed by atoms with van der Waals surface area (Å²) in [6.45, 7) is -0.232. The molecule has 0 spiro atoms. The smallest absolute Gasteiger partial charge is 0.274 e. The summed E-state index contributed by atoms with van der Waals surface area (Å²) in [5.41, 5.74) is 0.491. The number of amides is 1. The van der Waals surface area contributed by atoms with Crippen molar-refractivity contribution in [3.63, 3.8) is 0 Å². The van der Waals surface area contributed by atoms with Crippen LogP contribution in [0.1, 0.15) is 0 Å². The van der Waals surface area contributed by atoms with E-state index in [1.165, 1.54) is 34.9 Å². The van der Waals surface area contributed by atoms with E-state index >= 15 is 0 Å². The number of nitrogens with zero attached hydrogens (tertiary/aromatic N) is 3. The lowest BCUT2D eigenvalue weighted by Gasteiger charge is -2.09. The van der Waals surface area contributed by atoms with Crippen LogP contribution in [0.4, 0.5) is 18.9 Å².